The number of benzene rings is 2. The largest absolute Gasteiger partial charge is 0.480 e. The maximum Gasteiger partial charge on any atom is 0.416 e. The second kappa shape index (κ2) is 21.7. The number of nitrogens with one attached hydrogen (secondary N) is 1. The third kappa shape index (κ3) is 15.3. The molecule has 1 aliphatic carbocycles. The highest BCUT2D eigenvalue weighted by atomic mass is 19.4. The van der Waals surface area contributed by atoms with E-state index >= 15 is 0 Å². The standard InChI is InChI=1S/C18H25NO2.C17H20F6N2O.C6H14/c20-18(21)17(15-9-5-2-6-10-15)19-12-11-16(13-19)14-7-3-1-4-8-14;1-25-4-2-11(3-5-25)8-15(26)24-10-12-6-13(16(18,19)20)9-14(7-12)17(21,22)23;1-3-5-6-4-2/h1,3-4,7-8,15-17H,2,5-6,9-13H2,(H,20,21);6-7,9,11H,2-5,8,10H2,1H3,(H,24,26);3-6H2,1-2H3/t16-,17-;;/m1../s1. The van der Waals surface area contributed by atoms with Gasteiger partial charge in [-0.1, -0.05) is 89.1 Å². The van der Waals surface area contributed by atoms with Gasteiger partial charge in [0.05, 0.1) is 11.1 Å². The molecule has 5 rings (SSSR count). The molecular formula is C41H59F6N3O3. The Hall–Kier alpha value is -3.12. The highest BCUT2D eigenvalue weighted by Crippen LogP contribution is 2.37. The Bertz CT molecular complexity index is 1340. The first-order chi connectivity index (χ1) is 25.1. The summed E-state index contributed by atoms with van der Waals surface area (Å²) in [6.07, 6.45) is 4.57. The van der Waals surface area contributed by atoms with Gasteiger partial charge >= 0.3 is 18.3 Å². The number of halogens is 6. The van der Waals surface area contributed by atoms with Gasteiger partial charge in [-0.25, -0.2) is 0 Å². The average molecular weight is 756 g/mol. The fourth-order valence-corrected chi connectivity index (χ4v) is 7.57. The number of hydrogen-bond acceptors (Lipinski definition) is 4. The predicted octanol–water partition coefficient (Wildman–Crippen LogP) is 10.2. The van der Waals surface area contributed by atoms with E-state index in [0.717, 1.165) is 58.3 Å². The highest BCUT2D eigenvalue weighted by Gasteiger charge is 2.39. The van der Waals surface area contributed by atoms with E-state index in [9.17, 15) is 41.0 Å². The number of carbonyl (C=O) groups is 2. The molecule has 2 aromatic rings. The van der Waals surface area contributed by atoms with Crippen molar-refractivity contribution in [3.05, 3.63) is 70.8 Å². The zero-order chi connectivity index (χ0) is 39.0. The summed E-state index contributed by atoms with van der Waals surface area (Å²) < 4.78 is 76.9. The summed E-state index contributed by atoms with van der Waals surface area (Å²) in [7, 11) is 1.97. The summed E-state index contributed by atoms with van der Waals surface area (Å²) in [6.45, 7) is 7.63. The van der Waals surface area contributed by atoms with E-state index in [1.165, 1.54) is 50.5 Å². The van der Waals surface area contributed by atoms with E-state index in [4.69, 9.17) is 0 Å². The summed E-state index contributed by atoms with van der Waals surface area (Å²) in [6, 6.07) is 11.6. The number of unbranched alkanes of at least 4 members (excludes halogenated alkanes) is 3. The molecule has 2 N–H and O–H groups in total. The summed E-state index contributed by atoms with van der Waals surface area (Å²) in [4.78, 5) is 28.1. The molecule has 298 valence electrons. The minimum atomic E-state index is -4.89. The zero-order valence-corrected chi connectivity index (χ0v) is 31.6. The first kappa shape index (κ1) is 44.3. The second-order valence-corrected chi connectivity index (χ2v) is 14.9. The van der Waals surface area contributed by atoms with Crippen LogP contribution in [0, 0.1) is 11.8 Å². The van der Waals surface area contributed by atoms with Gasteiger partial charge in [0, 0.05) is 19.5 Å². The number of likely N-dealkylation sites (tertiary alicyclic amines) is 2. The number of hydrogen-bond donors (Lipinski definition) is 2. The molecule has 2 saturated heterocycles. The number of carboxylic acid groups (broad SMARTS) is 1. The number of amides is 1. The summed E-state index contributed by atoms with van der Waals surface area (Å²) in [5, 5.41) is 12.1. The molecule has 0 radical (unpaired) electrons. The van der Waals surface area contributed by atoms with Gasteiger partial charge in [-0.15, -0.1) is 0 Å². The molecule has 0 unspecified atom stereocenters. The first-order valence-electron chi connectivity index (χ1n) is 19.4. The van der Waals surface area contributed by atoms with E-state index in [0.29, 0.717) is 24.0 Å². The molecule has 3 fully saturated rings. The van der Waals surface area contributed by atoms with Crippen LogP contribution in [-0.4, -0.2) is 66.1 Å². The lowest BCUT2D eigenvalue weighted by molar-refractivity contribution is -0.146. The Morgan fingerprint density at radius 2 is 1.38 bits per heavy atom. The van der Waals surface area contributed by atoms with Crippen molar-refractivity contribution in [3.8, 4) is 0 Å². The molecule has 3 aliphatic rings. The van der Waals surface area contributed by atoms with E-state index in [2.05, 4.69) is 53.2 Å². The van der Waals surface area contributed by atoms with Gasteiger partial charge in [0.25, 0.3) is 0 Å². The fraction of sp³-hybridized carbons (Fsp3) is 0.659. The smallest absolute Gasteiger partial charge is 0.416 e. The average Bonchev–Trinajstić information content (AvgIpc) is 3.61. The van der Waals surface area contributed by atoms with E-state index in [1.807, 2.05) is 13.1 Å². The van der Waals surface area contributed by atoms with Gasteiger partial charge in [0.2, 0.25) is 5.91 Å². The number of alkyl halides is 6. The molecule has 53 heavy (non-hydrogen) atoms. The molecule has 2 aromatic carbocycles. The fourth-order valence-electron chi connectivity index (χ4n) is 7.57. The Labute approximate surface area is 311 Å². The summed E-state index contributed by atoms with van der Waals surface area (Å²) >= 11 is 0. The number of nitrogens with zero attached hydrogens (tertiary/aromatic N) is 2. The van der Waals surface area contributed by atoms with Crippen LogP contribution in [0.15, 0.2) is 48.5 Å². The molecule has 1 saturated carbocycles. The maximum absolute atomic E-state index is 12.8. The molecule has 2 aliphatic heterocycles. The maximum atomic E-state index is 12.8. The topological polar surface area (TPSA) is 72.9 Å². The van der Waals surface area contributed by atoms with Gasteiger partial charge < -0.3 is 15.3 Å². The van der Waals surface area contributed by atoms with Crippen LogP contribution in [0.25, 0.3) is 0 Å². The van der Waals surface area contributed by atoms with Crippen molar-refractivity contribution < 1.29 is 41.0 Å². The lowest BCUT2D eigenvalue weighted by Gasteiger charge is -2.33. The van der Waals surface area contributed by atoms with Crippen molar-refractivity contribution in [2.24, 2.45) is 11.8 Å². The normalized spacial score (nSPS) is 19.8. The lowest BCUT2D eigenvalue weighted by atomic mass is 9.83. The molecule has 2 atom stereocenters. The third-order valence-corrected chi connectivity index (χ3v) is 10.6. The molecule has 0 bridgehead atoms. The van der Waals surface area contributed by atoms with Gasteiger partial charge in [-0.3, -0.25) is 14.5 Å². The van der Waals surface area contributed by atoms with Crippen molar-refractivity contribution in [1.29, 1.82) is 0 Å². The van der Waals surface area contributed by atoms with Crippen molar-refractivity contribution in [3.63, 3.8) is 0 Å². The Balaban J connectivity index is 0.000000251. The van der Waals surface area contributed by atoms with Crippen LogP contribution < -0.4 is 5.32 Å². The van der Waals surface area contributed by atoms with Gasteiger partial charge in [-0.05, 0) is 106 Å². The summed E-state index contributed by atoms with van der Waals surface area (Å²) in [5.41, 5.74) is -1.64. The molecule has 2 heterocycles. The molecule has 12 heteroatoms. The van der Waals surface area contributed by atoms with Crippen molar-refractivity contribution in [2.45, 2.75) is 128 Å². The molecule has 0 aromatic heterocycles. The van der Waals surface area contributed by atoms with Gasteiger partial charge in [0.1, 0.15) is 6.04 Å². The minimum Gasteiger partial charge on any atom is -0.480 e. The Morgan fingerprint density at radius 3 is 1.89 bits per heavy atom. The molecule has 6 nitrogen and oxygen atoms in total. The number of carboxylic acids is 1. The summed E-state index contributed by atoms with van der Waals surface area (Å²) in [5.74, 6) is 0.0435. The predicted molar refractivity (Wildman–Crippen MR) is 196 cm³/mol. The van der Waals surface area contributed by atoms with Crippen LogP contribution in [0.1, 0.15) is 125 Å². The van der Waals surface area contributed by atoms with Crippen LogP contribution in [0.4, 0.5) is 26.3 Å². The minimum absolute atomic E-state index is 0.0733. The number of aliphatic carboxylic acids is 1. The van der Waals surface area contributed by atoms with Crippen LogP contribution in [0.3, 0.4) is 0 Å². The number of rotatable bonds is 11. The molecular weight excluding hydrogens is 696 g/mol. The monoisotopic (exact) mass is 755 g/mol. The van der Waals surface area contributed by atoms with E-state index in [1.54, 1.807) is 0 Å². The van der Waals surface area contributed by atoms with Crippen molar-refractivity contribution >= 4 is 11.9 Å². The van der Waals surface area contributed by atoms with Crippen molar-refractivity contribution in [2.75, 3.05) is 33.2 Å². The highest BCUT2D eigenvalue weighted by molar-refractivity contribution is 5.76. The van der Waals surface area contributed by atoms with Crippen LogP contribution in [0.5, 0.6) is 0 Å². The van der Waals surface area contributed by atoms with E-state index in [-0.39, 0.29) is 42.5 Å². The molecule has 0 spiro atoms. The number of carbonyl (C=O) groups excluding carboxylic acids is 1. The third-order valence-electron chi connectivity index (χ3n) is 10.6. The van der Waals surface area contributed by atoms with Crippen LogP contribution in [0.2, 0.25) is 0 Å². The SMILES string of the molecule is CCCCCC.CN1CCC(CC(=O)NCc2cc(C(F)(F)F)cc(C(F)(F)F)c2)CC1.O=C(O)[C@@H](C1CCCCC1)N1CC[C@@H](c2ccccc2)C1. The Morgan fingerprint density at radius 1 is 0.811 bits per heavy atom. The number of piperidine rings is 1. The van der Waals surface area contributed by atoms with Gasteiger partial charge in [0.15, 0.2) is 0 Å². The Kier molecular flexibility index (Phi) is 18.1. The van der Waals surface area contributed by atoms with Gasteiger partial charge in [-0.2, -0.15) is 26.3 Å². The molecule has 1 amide bonds. The quantitative estimate of drug-likeness (QED) is 0.177. The van der Waals surface area contributed by atoms with Crippen LogP contribution >= 0.6 is 0 Å². The second-order valence-electron chi connectivity index (χ2n) is 14.9. The van der Waals surface area contributed by atoms with Crippen LogP contribution in [-0.2, 0) is 28.5 Å². The lowest BCUT2D eigenvalue weighted by Crippen LogP contribution is -2.45. The van der Waals surface area contributed by atoms with E-state index < -0.39 is 29.4 Å². The zero-order valence-electron chi connectivity index (χ0n) is 31.6. The van der Waals surface area contributed by atoms with Crippen molar-refractivity contribution in [1.82, 2.24) is 15.1 Å². The first-order valence-corrected chi connectivity index (χ1v) is 19.4.